The molecule has 4 heteroatoms. The van der Waals surface area contributed by atoms with Crippen LogP contribution in [0.4, 0.5) is 0 Å². The lowest BCUT2D eigenvalue weighted by atomic mass is 10.4. The second-order valence-electron chi connectivity index (χ2n) is 1.84. The predicted octanol–water partition coefficient (Wildman–Crippen LogP) is 1.24. The molecule has 0 radical (unpaired) electrons. The van der Waals surface area contributed by atoms with Gasteiger partial charge < -0.3 is 15.0 Å². The third kappa shape index (κ3) is 0.752. The van der Waals surface area contributed by atoms with Crippen molar-refractivity contribution in [3.63, 3.8) is 0 Å². The first-order valence-corrected chi connectivity index (χ1v) is 3.15. The fourth-order valence-electron chi connectivity index (χ4n) is 0.774. The van der Waals surface area contributed by atoms with Crippen LogP contribution >= 0.6 is 11.6 Å². The number of imidazole rings is 1. The molecule has 0 N–H and O–H groups in total. The van der Waals surface area contributed by atoms with Gasteiger partial charge in [0.1, 0.15) is 0 Å². The average Bonchev–Trinajstić information content (AvgIpc) is 2.27. The summed E-state index contributed by atoms with van der Waals surface area (Å²) in [5.74, 6) is 0. The fraction of sp³-hybridized carbons (Fsp3) is 0. The van der Waals surface area contributed by atoms with Crippen molar-refractivity contribution in [3.8, 4) is 0 Å². The SMILES string of the molecule is Clc1nc2cccnc2[n-]1. The Bertz CT molecular complexity index is 322. The smallest absolute Gasteiger partial charge is 0.0804 e. The molecule has 0 saturated heterocycles. The van der Waals surface area contributed by atoms with Crippen LogP contribution in [0.5, 0.6) is 0 Å². The van der Waals surface area contributed by atoms with Gasteiger partial charge in [-0.25, -0.2) is 0 Å². The maximum Gasteiger partial charge on any atom is 0.0804 e. The third-order valence-corrected chi connectivity index (χ3v) is 1.35. The lowest BCUT2D eigenvalue weighted by Gasteiger charge is -1.89. The average molecular weight is 153 g/mol. The van der Waals surface area contributed by atoms with Crippen LogP contribution in [0.25, 0.3) is 11.2 Å². The zero-order chi connectivity index (χ0) is 6.97. The van der Waals surface area contributed by atoms with Gasteiger partial charge in [0.25, 0.3) is 0 Å². The van der Waals surface area contributed by atoms with Crippen molar-refractivity contribution in [2.45, 2.75) is 0 Å². The van der Waals surface area contributed by atoms with Crippen molar-refractivity contribution in [1.29, 1.82) is 0 Å². The first kappa shape index (κ1) is 5.68. The molecule has 0 bridgehead atoms. The highest BCUT2D eigenvalue weighted by molar-refractivity contribution is 6.28. The van der Waals surface area contributed by atoms with E-state index in [1.54, 1.807) is 12.3 Å². The van der Waals surface area contributed by atoms with Gasteiger partial charge in [-0.3, -0.25) is 0 Å². The predicted molar refractivity (Wildman–Crippen MR) is 37.9 cm³/mol. The molecule has 0 aliphatic rings. The van der Waals surface area contributed by atoms with Crippen molar-refractivity contribution in [2.75, 3.05) is 0 Å². The summed E-state index contributed by atoms with van der Waals surface area (Å²) >= 11 is 5.52. The number of rotatable bonds is 0. The minimum Gasteiger partial charge on any atom is -0.368 e. The molecule has 0 aliphatic carbocycles. The van der Waals surface area contributed by atoms with Crippen molar-refractivity contribution in [2.24, 2.45) is 0 Å². The molecular weight excluding hydrogens is 150 g/mol. The highest BCUT2D eigenvalue weighted by atomic mass is 35.5. The molecule has 0 unspecified atom stereocenters. The minimum absolute atomic E-state index is 0.258. The van der Waals surface area contributed by atoms with Crippen LogP contribution in [0, 0.1) is 0 Å². The van der Waals surface area contributed by atoms with Crippen LogP contribution < -0.4 is 4.98 Å². The summed E-state index contributed by atoms with van der Waals surface area (Å²) < 4.78 is 0. The van der Waals surface area contributed by atoms with Crippen LogP contribution in [0.1, 0.15) is 0 Å². The molecule has 50 valence electrons. The van der Waals surface area contributed by atoms with Gasteiger partial charge >= 0.3 is 0 Å². The summed E-state index contributed by atoms with van der Waals surface area (Å²) in [6.45, 7) is 0. The van der Waals surface area contributed by atoms with Crippen LogP contribution in [-0.4, -0.2) is 9.97 Å². The van der Waals surface area contributed by atoms with Gasteiger partial charge in [0.05, 0.1) is 5.28 Å². The number of fused-ring (bicyclic) bond motifs is 1. The summed E-state index contributed by atoms with van der Waals surface area (Å²) in [6.07, 6.45) is 1.66. The summed E-state index contributed by atoms with van der Waals surface area (Å²) in [5.41, 5.74) is 1.35. The standard InChI is InChI=1S/C6H3ClN3/c7-6-9-4-2-1-3-8-5(4)10-6/h1-3H/q-1. The second-order valence-corrected chi connectivity index (χ2v) is 2.18. The molecule has 0 atom stereocenters. The molecule has 0 aliphatic heterocycles. The van der Waals surface area contributed by atoms with Gasteiger partial charge in [-0.05, 0) is 6.20 Å². The topological polar surface area (TPSA) is 39.9 Å². The van der Waals surface area contributed by atoms with E-state index in [-0.39, 0.29) is 5.28 Å². The zero-order valence-corrected chi connectivity index (χ0v) is 5.71. The van der Waals surface area contributed by atoms with Crippen LogP contribution in [-0.2, 0) is 0 Å². The number of halogens is 1. The molecule has 0 saturated carbocycles. The lowest BCUT2D eigenvalue weighted by Crippen LogP contribution is -1.74. The quantitative estimate of drug-likeness (QED) is 0.570. The fourth-order valence-corrected chi connectivity index (χ4v) is 0.945. The number of aromatic nitrogens is 3. The molecule has 0 amide bonds. The molecule has 2 rings (SSSR count). The second kappa shape index (κ2) is 1.95. The summed E-state index contributed by atoms with van der Waals surface area (Å²) in [4.78, 5) is 11.7. The summed E-state index contributed by atoms with van der Waals surface area (Å²) in [6, 6.07) is 3.62. The van der Waals surface area contributed by atoms with E-state index < -0.39 is 0 Å². The van der Waals surface area contributed by atoms with Gasteiger partial charge in [0, 0.05) is 11.2 Å². The Morgan fingerprint density at radius 2 is 2.40 bits per heavy atom. The zero-order valence-electron chi connectivity index (χ0n) is 4.95. The van der Waals surface area contributed by atoms with Gasteiger partial charge in [0.2, 0.25) is 0 Å². The molecule has 0 fully saturated rings. The van der Waals surface area contributed by atoms with E-state index in [0.29, 0.717) is 5.65 Å². The Hall–Kier alpha value is -1.09. The van der Waals surface area contributed by atoms with E-state index >= 15 is 0 Å². The number of hydrogen-bond acceptors (Lipinski definition) is 2. The Morgan fingerprint density at radius 1 is 1.50 bits per heavy atom. The van der Waals surface area contributed by atoms with Crippen molar-refractivity contribution in [3.05, 3.63) is 23.6 Å². The normalized spacial score (nSPS) is 10.5. The largest absolute Gasteiger partial charge is 0.368 e. The van der Waals surface area contributed by atoms with E-state index in [0.717, 1.165) is 5.52 Å². The summed E-state index contributed by atoms with van der Waals surface area (Å²) in [7, 11) is 0. The van der Waals surface area contributed by atoms with Crippen LogP contribution in [0.3, 0.4) is 0 Å². The molecule has 2 aromatic heterocycles. The van der Waals surface area contributed by atoms with Crippen molar-refractivity contribution < 1.29 is 0 Å². The van der Waals surface area contributed by atoms with Gasteiger partial charge in [0.15, 0.2) is 0 Å². The van der Waals surface area contributed by atoms with E-state index in [2.05, 4.69) is 15.0 Å². The Labute approximate surface area is 62.1 Å². The van der Waals surface area contributed by atoms with Crippen molar-refractivity contribution in [1.82, 2.24) is 15.0 Å². The molecule has 2 heterocycles. The van der Waals surface area contributed by atoms with Gasteiger partial charge in [-0.15, -0.1) is 0 Å². The van der Waals surface area contributed by atoms with E-state index in [9.17, 15) is 0 Å². The number of hydrogen-bond donors (Lipinski definition) is 0. The van der Waals surface area contributed by atoms with Crippen LogP contribution in [0.15, 0.2) is 18.3 Å². The van der Waals surface area contributed by atoms with Gasteiger partial charge in [-0.1, -0.05) is 23.7 Å². The monoisotopic (exact) mass is 152 g/mol. The number of nitrogens with zero attached hydrogens (tertiary/aromatic N) is 3. The Morgan fingerprint density at radius 3 is 3.20 bits per heavy atom. The summed E-state index contributed by atoms with van der Waals surface area (Å²) in [5, 5.41) is 0.258. The highest BCUT2D eigenvalue weighted by Crippen LogP contribution is 2.08. The minimum atomic E-state index is 0.258. The van der Waals surface area contributed by atoms with E-state index in [4.69, 9.17) is 11.6 Å². The number of pyridine rings is 1. The van der Waals surface area contributed by atoms with Crippen molar-refractivity contribution >= 4 is 22.8 Å². The van der Waals surface area contributed by atoms with E-state index in [1.165, 1.54) is 0 Å². The molecule has 3 nitrogen and oxygen atoms in total. The third-order valence-electron chi connectivity index (χ3n) is 1.18. The highest BCUT2D eigenvalue weighted by Gasteiger charge is 1.87. The molecule has 0 spiro atoms. The first-order chi connectivity index (χ1) is 4.86. The molecule has 2 aromatic rings. The molecular formula is C6H3ClN3-. The van der Waals surface area contributed by atoms with E-state index in [1.807, 2.05) is 6.07 Å². The maximum atomic E-state index is 5.52. The maximum absolute atomic E-state index is 5.52. The molecule has 0 aromatic carbocycles. The Kier molecular flexibility index (Phi) is 1.11. The molecule has 10 heavy (non-hydrogen) atoms. The lowest BCUT2D eigenvalue weighted by molar-refractivity contribution is 1.28. The van der Waals surface area contributed by atoms with Crippen LogP contribution in [0.2, 0.25) is 5.28 Å². The Balaban J connectivity index is 2.88. The van der Waals surface area contributed by atoms with Gasteiger partial charge in [-0.2, -0.15) is 0 Å². The first-order valence-electron chi connectivity index (χ1n) is 2.77.